The topological polar surface area (TPSA) is 38.3 Å². The first-order valence-corrected chi connectivity index (χ1v) is 7.35. The van der Waals surface area contributed by atoms with Crippen molar-refractivity contribution in [2.24, 2.45) is 0 Å². The molecule has 3 aromatic rings. The predicted molar refractivity (Wildman–Crippen MR) is 90.4 cm³/mol. The number of carbonyl (C=O) groups excluding carboxylic acids is 1. The molecule has 0 spiro atoms. The van der Waals surface area contributed by atoms with Crippen LogP contribution in [0, 0.1) is 6.07 Å². The smallest absolute Gasteiger partial charge is 0.255 e. The van der Waals surface area contributed by atoms with Crippen molar-refractivity contribution in [1.82, 2.24) is 0 Å². The summed E-state index contributed by atoms with van der Waals surface area (Å²) in [5.41, 5.74) is 2.36. The summed E-state index contributed by atoms with van der Waals surface area (Å²) in [4.78, 5) is 12.3. The first-order chi connectivity index (χ1) is 11.3. The van der Waals surface area contributed by atoms with Crippen molar-refractivity contribution in [2.45, 2.75) is 6.61 Å². The van der Waals surface area contributed by atoms with Crippen molar-refractivity contribution in [2.75, 3.05) is 5.32 Å². The van der Waals surface area contributed by atoms with Gasteiger partial charge < -0.3 is 10.1 Å². The molecular formula is C20H16NO2. The number of ether oxygens (including phenoxy) is 1. The van der Waals surface area contributed by atoms with Crippen LogP contribution in [-0.4, -0.2) is 5.91 Å². The molecule has 1 radical (unpaired) electrons. The minimum Gasteiger partial charge on any atom is -0.489 e. The van der Waals surface area contributed by atoms with Crippen LogP contribution in [0.3, 0.4) is 0 Å². The molecule has 1 amide bonds. The van der Waals surface area contributed by atoms with Crippen LogP contribution in [0.5, 0.6) is 5.75 Å². The van der Waals surface area contributed by atoms with Gasteiger partial charge in [-0.2, -0.15) is 0 Å². The van der Waals surface area contributed by atoms with Crippen molar-refractivity contribution in [3.8, 4) is 5.75 Å². The number of carbonyl (C=O) groups is 1. The molecule has 0 aromatic heterocycles. The molecule has 23 heavy (non-hydrogen) atoms. The molecule has 0 aliphatic heterocycles. The first-order valence-electron chi connectivity index (χ1n) is 7.35. The monoisotopic (exact) mass is 302 g/mol. The van der Waals surface area contributed by atoms with Gasteiger partial charge >= 0.3 is 0 Å². The highest BCUT2D eigenvalue weighted by molar-refractivity contribution is 6.04. The van der Waals surface area contributed by atoms with Crippen LogP contribution in [-0.2, 0) is 6.61 Å². The number of amides is 1. The van der Waals surface area contributed by atoms with Gasteiger partial charge in [-0.1, -0.05) is 48.5 Å². The third-order valence-corrected chi connectivity index (χ3v) is 3.31. The maximum absolute atomic E-state index is 12.3. The number of benzene rings is 3. The van der Waals surface area contributed by atoms with Gasteiger partial charge in [-0.15, -0.1) is 0 Å². The van der Waals surface area contributed by atoms with Crippen LogP contribution in [0.2, 0.25) is 0 Å². The van der Waals surface area contributed by atoms with E-state index in [4.69, 9.17) is 4.74 Å². The van der Waals surface area contributed by atoms with Gasteiger partial charge in [0.1, 0.15) is 12.4 Å². The molecule has 3 aromatic carbocycles. The van der Waals surface area contributed by atoms with Gasteiger partial charge in [0.05, 0.1) is 0 Å². The zero-order valence-electron chi connectivity index (χ0n) is 12.5. The van der Waals surface area contributed by atoms with Crippen LogP contribution >= 0.6 is 0 Å². The normalized spacial score (nSPS) is 10.1. The summed E-state index contributed by atoms with van der Waals surface area (Å²) in [7, 11) is 0. The van der Waals surface area contributed by atoms with Gasteiger partial charge in [-0.3, -0.25) is 4.79 Å². The second-order valence-electron chi connectivity index (χ2n) is 5.05. The summed E-state index contributed by atoms with van der Waals surface area (Å²) in [5, 5.41) is 2.83. The quantitative estimate of drug-likeness (QED) is 0.762. The van der Waals surface area contributed by atoms with Gasteiger partial charge in [0.25, 0.3) is 5.91 Å². The van der Waals surface area contributed by atoms with E-state index in [1.54, 1.807) is 24.3 Å². The lowest BCUT2D eigenvalue weighted by Gasteiger charge is -2.09. The molecule has 0 aliphatic rings. The first kappa shape index (κ1) is 14.9. The molecule has 0 aliphatic carbocycles. The molecule has 0 bridgehead atoms. The van der Waals surface area contributed by atoms with Crippen LogP contribution in [0.25, 0.3) is 0 Å². The van der Waals surface area contributed by atoms with Crippen molar-refractivity contribution >= 4 is 11.6 Å². The molecule has 0 fully saturated rings. The Balaban J connectivity index is 1.66. The second kappa shape index (κ2) is 7.27. The molecule has 0 saturated carbocycles. The molecule has 0 atom stereocenters. The van der Waals surface area contributed by atoms with E-state index in [9.17, 15) is 4.79 Å². The maximum Gasteiger partial charge on any atom is 0.255 e. The Morgan fingerprint density at radius 3 is 2.65 bits per heavy atom. The van der Waals surface area contributed by atoms with Gasteiger partial charge in [0.2, 0.25) is 0 Å². The van der Waals surface area contributed by atoms with E-state index in [1.807, 2.05) is 54.6 Å². The molecule has 0 unspecified atom stereocenters. The Kier molecular flexibility index (Phi) is 4.69. The lowest BCUT2D eigenvalue weighted by Crippen LogP contribution is -2.11. The molecule has 1 N–H and O–H groups in total. The highest BCUT2D eigenvalue weighted by atomic mass is 16.5. The Morgan fingerprint density at radius 1 is 1.00 bits per heavy atom. The fourth-order valence-electron chi connectivity index (χ4n) is 2.14. The summed E-state index contributed by atoms with van der Waals surface area (Å²) >= 11 is 0. The van der Waals surface area contributed by atoms with Crippen LogP contribution in [0.1, 0.15) is 15.9 Å². The summed E-state index contributed by atoms with van der Waals surface area (Å²) in [6.45, 7) is 0.472. The Bertz CT molecular complexity index is 770. The predicted octanol–water partition coefficient (Wildman–Crippen LogP) is 4.32. The van der Waals surface area contributed by atoms with Crippen molar-refractivity contribution < 1.29 is 9.53 Å². The van der Waals surface area contributed by atoms with Gasteiger partial charge in [0, 0.05) is 11.3 Å². The zero-order chi connectivity index (χ0) is 15.9. The summed E-state index contributed by atoms with van der Waals surface area (Å²) in [5.74, 6) is 0.496. The third kappa shape index (κ3) is 4.20. The van der Waals surface area contributed by atoms with Crippen LogP contribution in [0.4, 0.5) is 5.69 Å². The fraction of sp³-hybridized carbons (Fsp3) is 0.0500. The third-order valence-electron chi connectivity index (χ3n) is 3.31. The van der Waals surface area contributed by atoms with E-state index < -0.39 is 0 Å². The molecule has 113 valence electrons. The van der Waals surface area contributed by atoms with Crippen LogP contribution in [0.15, 0.2) is 78.9 Å². The second-order valence-corrected chi connectivity index (χ2v) is 5.05. The average molecular weight is 302 g/mol. The lowest BCUT2D eigenvalue weighted by molar-refractivity contribution is 0.102. The van der Waals surface area contributed by atoms with E-state index in [2.05, 4.69) is 11.4 Å². The maximum atomic E-state index is 12.3. The highest BCUT2D eigenvalue weighted by Crippen LogP contribution is 2.16. The number of rotatable bonds is 5. The summed E-state index contributed by atoms with van der Waals surface area (Å²) in [6.07, 6.45) is 0. The lowest BCUT2D eigenvalue weighted by atomic mass is 10.2. The minimum absolute atomic E-state index is 0.172. The van der Waals surface area contributed by atoms with Gasteiger partial charge in [0.15, 0.2) is 0 Å². The minimum atomic E-state index is -0.172. The van der Waals surface area contributed by atoms with E-state index >= 15 is 0 Å². The number of hydrogen-bond donors (Lipinski definition) is 1. The van der Waals surface area contributed by atoms with Crippen molar-refractivity contribution in [3.63, 3.8) is 0 Å². The SMILES string of the molecule is O=C(Nc1c[c]ccc1)c1cccc(OCc2ccccc2)c1. The molecule has 3 heteroatoms. The van der Waals surface area contributed by atoms with Crippen LogP contribution < -0.4 is 10.1 Å². The molecule has 0 saturated heterocycles. The highest BCUT2D eigenvalue weighted by Gasteiger charge is 2.07. The Morgan fingerprint density at radius 2 is 1.87 bits per heavy atom. The molecule has 3 nitrogen and oxygen atoms in total. The fourth-order valence-corrected chi connectivity index (χ4v) is 2.14. The van der Waals surface area contributed by atoms with E-state index in [1.165, 1.54) is 0 Å². The molecular weight excluding hydrogens is 286 g/mol. The average Bonchev–Trinajstić information content (AvgIpc) is 2.62. The standard InChI is InChI=1S/C20H16NO2/c22-20(21-18-11-5-2-6-12-18)17-10-7-13-19(14-17)23-15-16-8-3-1-4-9-16/h1-5,7-14H,15H2,(H,21,22). The van der Waals surface area contributed by atoms with Gasteiger partial charge in [-0.25, -0.2) is 0 Å². The van der Waals surface area contributed by atoms with E-state index in [0.717, 1.165) is 5.56 Å². The number of anilines is 1. The number of nitrogens with one attached hydrogen (secondary N) is 1. The van der Waals surface area contributed by atoms with E-state index in [0.29, 0.717) is 23.6 Å². The summed E-state index contributed by atoms with van der Waals surface area (Å²) in [6, 6.07) is 27.2. The largest absolute Gasteiger partial charge is 0.489 e. The zero-order valence-corrected chi connectivity index (χ0v) is 12.5. The summed E-state index contributed by atoms with van der Waals surface area (Å²) < 4.78 is 5.75. The number of hydrogen-bond acceptors (Lipinski definition) is 2. The van der Waals surface area contributed by atoms with E-state index in [-0.39, 0.29) is 5.91 Å². The van der Waals surface area contributed by atoms with Crippen molar-refractivity contribution in [1.29, 1.82) is 0 Å². The Hall–Kier alpha value is -3.07. The molecule has 3 rings (SSSR count). The van der Waals surface area contributed by atoms with Crippen molar-refractivity contribution in [3.05, 3.63) is 96.1 Å². The Labute approximate surface area is 135 Å². The van der Waals surface area contributed by atoms with Gasteiger partial charge in [-0.05, 0) is 42.0 Å². The molecule has 0 heterocycles.